The highest BCUT2D eigenvalue weighted by Gasteiger charge is 2.22. The first kappa shape index (κ1) is 20.9. The second-order valence-corrected chi connectivity index (χ2v) is 8.08. The lowest BCUT2D eigenvalue weighted by Gasteiger charge is -2.19. The van der Waals surface area contributed by atoms with Gasteiger partial charge in [-0.15, -0.1) is 0 Å². The van der Waals surface area contributed by atoms with E-state index in [9.17, 15) is 13.2 Å². The first-order valence-electron chi connectivity index (χ1n) is 8.85. The lowest BCUT2D eigenvalue weighted by atomic mass is 10.1. The number of hydrogen-bond acceptors (Lipinski definition) is 4. The molecule has 2 aromatic rings. The summed E-state index contributed by atoms with van der Waals surface area (Å²) in [7, 11) is -1.99. The molecule has 1 N–H and O–H groups in total. The number of ether oxygens (including phenoxy) is 1. The van der Waals surface area contributed by atoms with E-state index in [1.54, 1.807) is 45.2 Å². The van der Waals surface area contributed by atoms with Crippen molar-refractivity contribution in [3.05, 3.63) is 53.6 Å². The largest absolute Gasteiger partial charge is 0.497 e. The van der Waals surface area contributed by atoms with E-state index in [-0.39, 0.29) is 17.2 Å². The molecule has 0 heterocycles. The number of carbonyl (C=O) groups is 1. The third-order valence-electron chi connectivity index (χ3n) is 4.35. The number of hydrogen-bond donors (Lipinski definition) is 1. The number of methoxy groups -OCH3 is 1. The molecular formula is C20H26N2O4S. The van der Waals surface area contributed by atoms with Crippen molar-refractivity contribution in [1.29, 1.82) is 0 Å². The van der Waals surface area contributed by atoms with Gasteiger partial charge in [-0.05, 0) is 42.3 Å². The molecule has 0 fully saturated rings. The van der Waals surface area contributed by atoms with Crippen LogP contribution in [0.3, 0.4) is 0 Å². The van der Waals surface area contributed by atoms with Crippen molar-refractivity contribution >= 4 is 21.6 Å². The summed E-state index contributed by atoms with van der Waals surface area (Å²) in [4.78, 5) is 12.6. The molecule has 0 saturated carbocycles. The number of carbonyl (C=O) groups excluding carboxylic acids is 1. The van der Waals surface area contributed by atoms with Crippen LogP contribution in [0.15, 0.2) is 47.4 Å². The fourth-order valence-electron chi connectivity index (χ4n) is 2.73. The van der Waals surface area contributed by atoms with Crippen LogP contribution in [-0.2, 0) is 21.2 Å². The highest BCUT2D eigenvalue weighted by atomic mass is 32.2. The zero-order valence-electron chi connectivity index (χ0n) is 16.2. The van der Waals surface area contributed by atoms with Gasteiger partial charge in [-0.1, -0.05) is 32.0 Å². The molecule has 0 unspecified atom stereocenters. The summed E-state index contributed by atoms with van der Waals surface area (Å²) in [5, 5.41) is 2.82. The zero-order valence-corrected chi connectivity index (χ0v) is 17.0. The van der Waals surface area contributed by atoms with Crippen molar-refractivity contribution in [2.45, 2.75) is 32.1 Å². The molecular weight excluding hydrogens is 364 g/mol. The Hall–Kier alpha value is -2.38. The summed E-state index contributed by atoms with van der Waals surface area (Å²) < 4.78 is 31.9. The number of aryl methyl sites for hydroxylation is 1. The van der Waals surface area contributed by atoms with E-state index in [1.165, 1.54) is 10.4 Å². The average molecular weight is 391 g/mol. The van der Waals surface area contributed by atoms with E-state index in [4.69, 9.17) is 4.74 Å². The topological polar surface area (TPSA) is 75.7 Å². The minimum Gasteiger partial charge on any atom is -0.497 e. The molecule has 2 aromatic carbocycles. The number of anilines is 1. The Bertz CT molecular complexity index is 889. The first-order valence-corrected chi connectivity index (χ1v) is 10.3. The van der Waals surface area contributed by atoms with Crippen molar-refractivity contribution in [3.63, 3.8) is 0 Å². The monoisotopic (exact) mass is 390 g/mol. The van der Waals surface area contributed by atoms with Gasteiger partial charge in [-0.2, -0.15) is 4.31 Å². The van der Waals surface area contributed by atoms with Crippen molar-refractivity contribution in [2.24, 2.45) is 0 Å². The van der Waals surface area contributed by atoms with Gasteiger partial charge in [0.1, 0.15) is 5.75 Å². The minimum atomic E-state index is -3.57. The van der Waals surface area contributed by atoms with Crippen LogP contribution in [0.5, 0.6) is 5.75 Å². The van der Waals surface area contributed by atoms with Crippen LogP contribution in [-0.4, -0.2) is 38.8 Å². The smallest absolute Gasteiger partial charge is 0.243 e. The molecule has 0 saturated heterocycles. The summed E-state index contributed by atoms with van der Waals surface area (Å²) in [5.41, 5.74) is 2.15. The van der Waals surface area contributed by atoms with Gasteiger partial charge in [0, 0.05) is 18.8 Å². The quantitative estimate of drug-likeness (QED) is 0.751. The normalized spacial score (nSPS) is 11.4. The SMILES string of the molecule is CCN(CC)S(=O)(=O)c1ccc(C)c(NC(=O)Cc2ccc(OC)cc2)c1. The molecule has 146 valence electrons. The summed E-state index contributed by atoms with van der Waals surface area (Å²) in [6, 6.07) is 12.0. The van der Waals surface area contributed by atoms with Crippen molar-refractivity contribution in [2.75, 3.05) is 25.5 Å². The first-order chi connectivity index (χ1) is 12.8. The highest BCUT2D eigenvalue weighted by molar-refractivity contribution is 7.89. The fourth-order valence-corrected chi connectivity index (χ4v) is 4.22. The van der Waals surface area contributed by atoms with Gasteiger partial charge >= 0.3 is 0 Å². The standard InChI is InChI=1S/C20H26N2O4S/c1-5-22(6-2)27(24,25)18-12-7-15(3)19(14-18)21-20(23)13-16-8-10-17(26-4)11-9-16/h7-12,14H,5-6,13H2,1-4H3,(H,21,23). The highest BCUT2D eigenvalue weighted by Crippen LogP contribution is 2.23. The predicted octanol–water partition coefficient (Wildman–Crippen LogP) is 3.22. The molecule has 0 aromatic heterocycles. The molecule has 6 nitrogen and oxygen atoms in total. The van der Waals surface area contributed by atoms with Gasteiger partial charge < -0.3 is 10.1 Å². The average Bonchev–Trinajstić information content (AvgIpc) is 2.64. The predicted molar refractivity (Wildman–Crippen MR) is 107 cm³/mol. The Balaban J connectivity index is 2.19. The van der Waals surface area contributed by atoms with Gasteiger partial charge in [-0.25, -0.2) is 8.42 Å². The molecule has 0 spiro atoms. The van der Waals surface area contributed by atoms with Crippen LogP contribution >= 0.6 is 0 Å². The number of benzene rings is 2. The third-order valence-corrected chi connectivity index (χ3v) is 6.40. The molecule has 0 aliphatic rings. The number of nitrogens with zero attached hydrogens (tertiary/aromatic N) is 1. The van der Waals surface area contributed by atoms with Crippen LogP contribution in [0.25, 0.3) is 0 Å². The van der Waals surface area contributed by atoms with E-state index in [0.717, 1.165) is 16.9 Å². The second-order valence-electron chi connectivity index (χ2n) is 6.14. The van der Waals surface area contributed by atoms with Crippen LogP contribution in [0.4, 0.5) is 5.69 Å². The van der Waals surface area contributed by atoms with Crippen molar-refractivity contribution < 1.29 is 17.9 Å². The summed E-state index contributed by atoms with van der Waals surface area (Å²) in [6.07, 6.45) is 0.191. The summed E-state index contributed by atoms with van der Waals surface area (Å²) in [6.45, 7) is 6.22. The minimum absolute atomic E-state index is 0.177. The van der Waals surface area contributed by atoms with E-state index >= 15 is 0 Å². The maximum atomic E-state index is 12.7. The van der Waals surface area contributed by atoms with Crippen LogP contribution in [0.1, 0.15) is 25.0 Å². The van der Waals surface area contributed by atoms with Gasteiger partial charge in [-0.3, -0.25) is 4.79 Å². The Morgan fingerprint density at radius 1 is 1.07 bits per heavy atom. The fraction of sp³-hybridized carbons (Fsp3) is 0.350. The lowest BCUT2D eigenvalue weighted by molar-refractivity contribution is -0.115. The summed E-state index contributed by atoms with van der Waals surface area (Å²) >= 11 is 0. The second kappa shape index (κ2) is 9.01. The molecule has 7 heteroatoms. The molecule has 0 bridgehead atoms. The number of amides is 1. The van der Waals surface area contributed by atoms with E-state index in [1.807, 2.05) is 19.1 Å². The Morgan fingerprint density at radius 3 is 2.26 bits per heavy atom. The Morgan fingerprint density at radius 2 is 1.70 bits per heavy atom. The van der Waals surface area contributed by atoms with Gasteiger partial charge in [0.05, 0.1) is 18.4 Å². The van der Waals surface area contributed by atoms with Crippen LogP contribution < -0.4 is 10.1 Å². The van der Waals surface area contributed by atoms with Gasteiger partial charge in [0.15, 0.2) is 0 Å². The molecule has 27 heavy (non-hydrogen) atoms. The third kappa shape index (κ3) is 5.08. The van der Waals surface area contributed by atoms with Gasteiger partial charge in [0.2, 0.25) is 15.9 Å². The van der Waals surface area contributed by atoms with Gasteiger partial charge in [0.25, 0.3) is 0 Å². The number of rotatable bonds is 8. The lowest BCUT2D eigenvalue weighted by Crippen LogP contribution is -2.30. The number of nitrogens with one attached hydrogen (secondary N) is 1. The zero-order chi connectivity index (χ0) is 20.0. The van der Waals surface area contributed by atoms with E-state index in [2.05, 4.69) is 5.32 Å². The maximum absolute atomic E-state index is 12.7. The molecule has 0 aliphatic carbocycles. The molecule has 2 rings (SSSR count). The molecule has 0 radical (unpaired) electrons. The summed E-state index contributed by atoms with van der Waals surface area (Å²) in [5.74, 6) is 0.518. The molecule has 1 amide bonds. The van der Waals surface area contributed by atoms with Crippen LogP contribution in [0.2, 0.25) is 0 Å². The van der Waals surface area contributed by atoms with Crippen LogP contribution in [0, 0.1) is 6.92 Å². The molecule has 0 atom stereocenters. The molecule has 0 aliphatic heterocycles. The van der Waals surface area contributed by atoms with Crippen molar-refractivity contribution in [1.82, 2.24) is 4.31 Å². The Labute approximate surface area is 161 Å². The van der Waals surface area contributed by atoms with Crippen molar-refractivity contribution in [3.8, 4) is 5.75 Å². The van der Waals surface area contributed by atoms with E-state index < -0.39 is 10.0 Å². The number of sulfonamides is 1. The van der Waals surface area contributed by atoms with E-state index in [0.29, 0.717) is 18.8 Å². The maximum Gasteiger partial charge on any atom is 0.243 e. The Kier molecular flexibility index (Phi) is 6.98.